The second-order valence-electron chi connectivity index (χ2n) is 5.04. The molecule has 0 saturated carbocycles. The fourth-order valence-corrected chi connectivity index (χ4v) is 2.12. The van der Waals surface area contributed by atoms with Crippen LogP contribution in [-0.2, 0) is 9.59 Å². The molecule has 0 aromatic heterocycles. The molecule has 0 bridgehead atoms. The fraction of sp³-hybridized carbons (Fsp3) is 0.176. The number of rotatable bonds is 5. The summed E-state index contributed by atoms with van der Waals surface area (Å²) in [5, 5.41) is 2.15. The van der Waals surface area contributed by atoms with Gasteiger partial charge < -0.3 is 10.2 Å². The Morgan fingerprint density at radius 2 is 1.58 bits per heavy atom. The summed E-state index contributed by atoms with van der Waals surface area (Å²) >= 11 is 0. The van der Waals surface area contributed by atoms with Crippen molar-refractivity contribution in [3.05, 3.63) is 59.9 Å². The summed E-state index contributed by atoms with van der Waals surface area (Å²) < 4.78 is 39.9. The summed E-state index contributed by atoms with van der Waals surface area (Å²) in [6.45, 7) is 1.29. The maximum Gasteiger partial charge on any atom is 0.226 e. The van der Waals surface area contributed by atoms with Gasteiger partial charge in [0.15, 0.2) is 0 Å². The quantitative estimate of drug-likeness (QED) is 0.909. The molecule has 0 spiro atoms. The van der Waals surface area contributed by atoms with Crippen LogP contribution in [0.4, 0.5) is 24.5 Å². The van der Waals surface area contributed by atoms with Gasteiger partial charge in [-0.1, -0.05) is 6.07 Å². The van der Waals surface area contributed by atoms with Gasteiger partial charge in [0, 0.05) is 25.6 Å². The van der Waals surface area contributed by atoms with Crippen molar-refractivity contribution in [2.45, 2.75) is 13.3 Å². The smallest absolute Gasteiger partial charge is 0.226 e. The van der Waals surface area contributed by atoms with Gasteiger partial charge in [-0.3, -0.25) is 9.59 Å². The number of anilines is 2. The van der Waals surface area contributed by atoms with Crippen LogP contribution in [0.2, 0.25) is 0 Å². The molecule has 0 saturated heterocycles. The Morgan fingerprint density at radius 3 is 2.12 bits per heavy atom. The predicted octanol–water partition coefficient (Wildman–Crippen LogP) is 3.49. The molecule has 24 heavy (non-hydrogen) atoms. The largest absolute Gasteiger partial charge is 0.321 e. The number of amides is 2. The Bertz CT molecular complexity index is 728. The molecule has 0 heterocycles. The predicted molar refractivity (Wildman–Crippen MR) is 84.0 cm³/mol. The van der Waals surface area contributed by atoms with Gasteiger partial charge >= 0.3 is 0 Å². The summed E-state index contributed by atoms with van der Waals surface area (Å²) in [5.41, 5.74) is -0.104. The van der Waals surface area contributed by atoms with E-state index in [1.807, 2.05) is 0 Å². The van der Waals surface area contributed by atoms with E-state index >= 15 is 0 Å². The maximum atomic E-state index is 13.5. The van der Waals surface area contributed by atoms with Crippen molar-refractivity contribution in [2.24, 2.45) is 0 Å². The van der Waals surface area contributed by atoms with Gasteiger partial charge in [0.25, 0.3) is 0 Å². The fourth-order valence-electron chi connectivity index (χ4n) is 2.12. The van der Waals surface area contributed by atoms with Crippen LogP contribution in [0.15, 0.2) is 42.5 Å². The van der Waals surface area contributed by atoms with E-state index in [0.717, 1.165) is 12.1 Å². The molecule has 126 valence electrons. The highest BCUT2D eigenvalue weighted by Crippen LogP contribution is 2.19. The van der Waals surface area contributed by atoms with E-state index in [9.17, 15) is 22.8 Å². The van der Waals surface area contributed by atoms with Gasteiger partial charge in [-0.15, -0.1) is 0 Å². The van der Waals surface area contributed by atoms with Crippen LogP contribution >= 0.6 is 0 Å². The molecular formula is C17H15F3N2O2. The van der Waals surface area contributed by atoms with Crippen LogP contribution < -0.4 is 10.2 Å². The van der Waals surface area contributed by atoms with Gasteiger partial charge in [0.2, 0.25) is 11.8 Å². The Kier molecular flexibility index (Phi) is 5.57. The number of para-hydroxylation sites is 1. The van der Waals surface area contributed by atoms with Crippen molar-refractivity contribution in [2.75, 3.05) is 16.8 Å². The monoisotopic (exact) mass is 336 g/mol. The zero-order valence-corrected chi connectivity index (χ0v) is 12.9. The Morgan fingerprint density at radius 1 is 1.00 bits per heavy atom. The van der Waals surface area contributed by atoms with Crippen LogP contribution in [0, 0.1) is 17.5 Å². The van der Waals surface area contributed by atoms with Crippen LogP contribution in [0.1, 0.15) is 13.3 Å². The van der Waals surface area contributed by atoms with E-state index < -0.39 is 29.0 Å². The van der Waals surface area contributed by atoms with Crippen LogP contribution in [0.3, 0.4) is 0 Å². The molecule has 2 aromatic rings. The first-order chi connectivity index (χ1) is 11.4. The minimum atomic E-state index is -0.884. The zero-order chi connectivity index (χ0) is 17.7. The van der Waals surface area contributed by atoms with Crippen molar-refractivity contribution in [3.63, 3.8) is 0 Å². The molecule has 0 unspecified atom stereocenters. The summed E-state index contributed by atoms with van der Waals surface area (Å²) in [5.74, 6) is -3.20. The molecule has 1 N–H and O–H groups in total. The lowest BCUT2D eigenvalue weighted by molar-refractivity contribution is -0.117. The number of nitrogens with zero attached hydrogens (tertiary/aromatic N) is 1. The molecule has 0 aliphatic heterocycles. The minimum Gasteiger partial charge on any atom is -0.321 e. The van der Waals surface area contributed by atoms with Crippen LogP contribution in [0.5, 0.6) is 0 Å². The van der Waals surface area contributed by atoms with Crippen molar-refractivity contribution < 1.29 is 22.8 Å². The SMILES string of the molecule is CC(=O)N(CCC(=O)Nc1c(F)cccc1F)c1ccc(F)cc1. The van der Waals surface area contributed by atoms with Crippen molar-refractivity contribution in [3.8, 4) is 0 Å². The van der Waals surface area contributed by atoms with Crippen molar-refractivity contribution in [1.29, 1.82) is 0 Å². The normalized spacial score (nSPS) is 10.3. The third kappa shape index (κ3) is 4.34. The van der Waals surface area contributed by atoms with Gasteiger partial charge in [-0.2, -0.15) is 0 Å². The second kappa shape index (κ2) is 7.63. The zero-order valence-electron chi connectivity index (χ0n) is 12.9. The minimum absolute atomic E-state index is 0.0110. The lowest BCUT2D eigenvalue weighted by atomic mass is 10.2. The molecule has 4 nitrogen and oxygen atoms in total. The van der Waals surface area contributed by atoms with E-state index in [1.165, 1.54) is 42.2 Å². The summed E-state index contributed by atoms with van der Waals surface area (Å²) in [6.07, 6.45) is -0.176. The average molecular weight is 336 g/mol. The second-order valence-corrected chi connectivity index (χ2v) is 5.04. The van der Waals surface area contributed by atoms with E-state index in [-0.39, 0.29) is 18.9 Å². The summed E-state index contributed by atoms with van der Waals surface area (Å²) in [4.78, 5) is 24.9. The first-order valence-electron chi connectivity index (χ1n) is 7.16. The number of carbonyl (C=O) groups is 2. The number of nitrogens with one attached hydrogen (secondary N) is 1. The standard InChI is InChI=1S/C17H15F3N2O2/c1-11(23)22(13-7-5-12(18)6-8-13)10-9-16(24)21-17-14(19)3-2-4-15(17)20/h2-8H,9-10H2,1H3,(H,21,24). The summed E-state index contributed by atoms with van der Waals surface area (Å²) in [7, 11) is 0. The third-order valence-electron chi connectivity index (χ3n) is 3.31. The number of halogens is 3. The average Bonchev–Trinajstić information content (AvgIpc) is 2.52. The lowest BCUT2D eigenvalue weighted by Gasteiger charge is -2.21. The highest BCUT2D eigenvalue weighted by molar-refractivity contribution is 5.94. The number of carbonyl (C=O) groups excluding carboxylic acids is 2. The van der Waals surface area contributed by atoms with E-state index in [4.69, 9.17) is 0 Å². The number of hydrogen-bond donors (Lipinski definition) is 1. The molecule has 0 radical (unpaired) electrons. The molecule has 7 heteroatoms. The van der Waals surface area contributed by atoms with Gasteiger partial charge in [-0.25, -0.2) is 13.2 Å². The first kappa shape index (κ1) is 17.5. The highest BCUT2D eigenvalue weighted by Gasteiger charge is 2.16. The van der Waals surface area contributed by atoms with E-state index in [2.05, 4.69) is 5.32 Å². The molecular weight excluding hydrogens is 321 g/mol. The third-order valence-corrected chi connectivity index (χ3v) is 3.31. The topological polar surface area (TPSA) is 49.4 Å². The molecule has 0 fully saturated rings. The molecule has 0 atom stereocenters. The molecule has 0 aliphatic rings. The number of hydrogen-bond acceptors (Lipinski definition) is 2. The lowest BCUT2D eigenvalue weighted by Crippen LogP contribution is -2.32. The Labute approximate surface area is 136 Å². The van der Waals surface area contributed by atoms with Crippen LogP contribution in [0.25, 0.3) is 0 Å². The van der Waals surface area contributed by atoms with Gasteiger partial charge in [0.05, 0.1) is 0 Å². The highest BCUT2D eigenvalue weighted by atomic mass is 19.1. The Balaban J connectivity index is 2.03. The maximum absolute atomic E-state index is 13.5. The molecule has 2 aromatic carbocycles. The van der Waals surface area contributed by atoms with E-state index in [0.29, 0.717) is 5.69 Å². The Hall–Kier alpha value is -2.83. The van der Waals surface area contributed by atoms with Crippen LogP contribution in [-0.4, -0.2) is 18.4 Å². The van der Waals surface area contributed by atoms with Crippen molar-refractivity contribution in [1.82, 2.24) is 0 Å². The molecule has 0 aliphatic carbocycles. The van der Waals surface area contributed by atoms with Gasteiger partial charge in [0.1, 0.15) is 23.1 Å². The number of benzene rings is 2. The van der Waals surface area contributed by atoms with Crippen molar-refractivity contribution >= 4 is 23.2 Å². The summed E-state index contributed by atoms with van der Waals surface area (Å²) in [6, 6.07) is 8.45. The van der Waals surface area contributed by atoms with E-state index in [1.54, 1.807) is 0 Å². The molecule has 2 rings (SSSR count). The van der Waals surface area contributed by atoms with Gasteiger partial charge in [-0.05, 0) is 36.4 Å². The first-order valence-corrected chi connectivity index (χ1v) is 7.16. The molecule has 2 amide bonds.